The van der Waals surface area contributed by atoms with Gasteiger partial charge in [0.05, 0.1) is 23.9 Å². The highest BCUT2D eigenvalue weighted by Gasteiger charge is 2.12. The Morgan fingerprint density at radius 3 is 2.72 bits per heavy atom. The summed E-state index contributed by atoms with van der Waals surface area (Å²) in [6.07, 6.45) is 2.62. The fourth-order valence-corrected chi connectivity index (χ4v) is 2.73. The van der Waals surface area contributed by atoms with Crippen LogP contribution in [0.2, 0.25) is 0 Å². The van der Waals surface area contributed by atoms with Gasteiger partial charge in [-0.3, -0.25) is 4.79 Å². The van der Waals surface area contributed by atoms with Crippen LogP contribution in [-0.2, 0) is 11.2 Å². The van der Waals surface area contributed by atoms with Crippen molar-refractivity contribution in [3.63, 3.8) is 0 Å². The molecule has 0 saturated heterocycles. The molecule has 0 aliphatic carbocycles. The smallest absolute Gasteiger partial charge is 0.337 e. The minimum absolute atomic E-state index is 0.255. The van der Waals surface area contributed by atoms with Gasteiger partial charge in [-0.25, -0.2) is 9.78 Å². The lowest BCUT2D eigenvalue weighted by Crippen LogP contribution is -2.13. The predicted octanol–water partition coefficient (Wildman–Crippen LogP) is 3.24. The van der Waals surface area contributed by atoms with Crippen LogP contribution in [0.3, 0.4) is 0 Å². The number of carbonyl (C=O) groups excluding carboxylic acids is 2. The number of imidazole rings is 1. The third-order valence-corrected chi connectivity index (χ3v) is 4.09. The molecule has 1 aromatic carbocycles. The van der Waals surface area contributed by atoms with Gasteiger partial charge in [-0.05, 0) is 43.7 Å². The molecule has 0 atom stereocenters. The maximum atomic E-state index is 12.5. The van der Waals surface area contributed by atoms with E-state index < -0.39 is 5.97 Å². The number of nitrogens with zero attached hydrogens (tertiary/aromatic N) is 2. The molecule has 3 aromatic rings. The van der Waals surface area contributed by atoms with E-state index in [9.17, 15) is 9.59 Å². The fourth-order valence-electron chi connectivity index (χ4n) is 2.73. The van der Waals surface area contributed by atoms with Crippen molar-refractivity contribution in [3.8, 4) is 0 Å². The summed E-state index contributed by atoms with van der Waals surface area (Å²) in [5, 5.41) is 2.80. The molecule has 0 aliphatic rings. The first kappa shape index (κ1) is 16.7. The number of nitrogens with one attached hydrogen (secondary N) is 1. The van der Waals surface area contributed by atoms with Crippen LogP contribution in [0, 0.1) is 6.92 Å². The molecule has 0 bridgehead atoms. The molecule has 25 heavy (non-hydrogen) atoms. The molecule has 2 aromatic heterocycles. The fraction of sp³-hybridized carbons (Fsp3) is 0.211. The minimum atomic E-state index is -0.446. The van der Waals surface area contributed by atoms with Crippen molar-refractivity contribution in [2.75, 3.05) is 12.4 Å². The molecule has 3 rings (SSSR count). The maximum absolute atomic E-state index is 12.5. The van der Waals surface area contributed by atoms with Crippen LogP contribution in [0.15, 0.2) is 42.6 Å². The summed E-state index contributed by atoms with van der Waals surface area (Å²) >= 11 is 0. The zero-order valence-electron chi connectivity index (χ0n) is 14.4. The van der Waals surface area contributed by atoms with Gasteiger partial charge in [0.1, 0.15) is 5.65 Å². The molecular formula is C19H19N3O3. The molecule has 0 aliphatic heterocycles. The number of amides is 1. The van der Waals surface area contributed by atoms with Crippen molar-refractivity contribution < 1.29 is 14.3 Å². The molecule has 6 heteroatoms. The Balaban J connectivity index is 1.87. The van der Waals surface area contributed by atoms with E-state index in [2.05, 4.69) is 17.2 Å². The van der Waals surface area contributed by atoms with E-state index >= 15 is 0 Å². The number of aromatic nitrogens is 2. The largest absolute Gasteiger partial charge is 0.465 e. The number of anilines is 1. The van der Waals surface area contributed by atoms with E-state index in [-0.39, 0.29) is 5.91 Å². The molecular weight excluding hydrogens is 318 g/mol. The summed E-state index contributed by atoms with van der Waals surface area (Å²) in [6, 6.07) is 10.2. The topological polar surface area (TPSA) is 72.7 Å². The van der Waals surface area contributed by atoms with E-state index in [0.717, 1.165) is 23.5 Å². The number of ether oxygens (including phenoxy) is 1. The van der Waals surface area contributed by atoms with E-state index in [0.29, 0.717) is 16.8 Å². The number of rotatable bonds is 4. The van der Waals surface area contributed by atoms with E-state index in [1.54, 1.807) is 36.5 Å². The van der Waals surface area contributed by atoms with Crippen molar-refractivity contribution in [1.82, 2.24) is 9.38 Å². The molecule has 0 spiro atoms. The van der Waals surface area contributed by atoms with Crippen LogP contribution in [0.4, 0.5) is 5.69 Å². The highest BCUT2D eigenvalue weighted by Crippen LogP contribution is 2.16. The molecule has 6 nitrogen and oxygen atoms in total. The van der Waals surface area contributed by atoms with Gasteiger partial charge in [0, 0.05) is 17.6 Å². The van der Waals surface area contributed by atoms with Gasteiger partial charge in [-0.1, -0.05) is 13.0 Å². The van der Waals surface area contributed by atoms with Crippen LogP contribution in [0.5, 0.6) is 0 Å². The summed E-state index contributed by atoms with van der Waals surface area (Å²) in [5.74, 6) is -0.700. The van der Waals surface area contributed by atoms with E-state index in [4.69, 9.17) is 4.74 Å². The number of methoxy groups -OCH3 is 1. The van der Waals surface area contributed by atoms with Crippen molar-refractivity contribution in [2.45, 2.75) is 20.3 Å². The van der Waals surface area contributed by atoms with Crippen LogP contribution < -0.4 is 5.32 Å². The predicted molar refractivity (Wildman–Crippen MR) is 95.0 cm³/mol. The third kappa shape index (κ3) is 3.24. The van der Waals surface area contributed by atoms with Crippen molar-refractivity contribution in [3.05, 3.63) is 65.1 Å². The Kier molecular flexibility index (Phi) is 4.52. The molecule has 0 radical (unpaired) electrons. The molecule has 0 unspecified atom stereocenters. The molecule has 0 saturated carbocycles. The number of hydrogen-bond donors (Lipinski definition) is 1. The molecule has 128 valence electrons. The average Bonchev–Trinajstić information content (AvgIpc) is 2.96. The number of hydrogen-bond acceptors (Lipinski definition) is 4. The lowest BCUT2D eigenvalue weighted by Gasteiger charge is -2.07. The zero-order valence-corrected chi connectivity index (χ0v) is 14.4. The number of benzene rings is 1. The maximum Gasteiger partial charge on any atom is 0.337 e. The molecule has 0 fully saturated rings. The second kappa shape index (κ2) is 6.76. The summed E-state index contributed by atoms with van der Waals surface area (Å²) in [5.41, 5.74) is 4.29. The number of pyridine rings is 1. The van der Waals surface area contributed by atoms with E-state index in [1.807, 2.05) is 17.4 Å². The Morgan fingerprint density at radius 1 is 1.20 bits per heavy atom. The monoisotopic (exact) mass is 337 g/mol. The first-order valence-electron chi connectivity index (χ1n) is 8.00. The van der Waals surface area contributed by atoms with E-state index in [1.165, 1.54) is 7.11 Å². The van der Waals surface area contributed by atoms with Crippen LogP contribution in [0.1, 0.15) is 39.0 Å². The Hall–Kier alpha value is -3.15. The molecule has 1 amide bonds. The first-order chi connectivity index (χ1) is 12.0. The standard InChI is InChI=1S/C19H19N3O3/c1-4-16-12(2)22-11-14(8-9-17(22)21-16)18(23)20-15-7-5-6-13(10-15)19(24)25-3/h5-11H,4H2,1-3H3,(H,20,23). The summed E-state index contributed by atoms with van der Waals surface area (Å²) in [4.78, 5) is 28.7. The van der Waals surface area contributed by atoms with Crippen LogP contribution in [-0.4, -0.2) is 28.4 Å². The molecule has 2 heterocycles. The number of esters is 1. The quantitative estimate of drug-likeness (QED) is 0.742. The Morgan fingerprint density at radius 2 is 2.00 bits per heavy atom. The van der Waals surface area contributed by atoms with Crippen molar-refractivity contribution in [1.29, 1.82) is 0 Å². The average molecular weight is 337 g/mol. The SMILES string of the molecule is CCc1nc2ccc(C(=O)Nc3cccc(C(=O)OC)c3)cn2c1C. The second-order valence-corrected chi connectivity index (χ2v) is 5.67. The minimum Gasteiger partial charge on any atom is -0.465 e. The highest BCUT2D eigenvalue weighted by molar-refractivity contribution is 6.04. The van der Waals surface area contributed by atoms with Gasteiger partial charge >= 0.3 is 5.97 Å². The normalized spacial score (nSPS) is 10.7. The van der Waals surface area contributed by atoms with Gasteiger partial charge in [0.25, 0.3) is 5.91 Å². The number of carbonyl (C=O) groups is 2. The van der Waals surface area contributed by atoms with Crippen LogP contribution in [0.25, 0.3) is 5.65 Å². The van der Waals surface area contributed by atoms with Gasteiger partial charge in [0.15, 0.2) is 0 Å². The highest BCUT2D eigenvalue weighted by atomic mass is 16.5. The Labute approximate surface area is 145 Å². The van der Waals surface area contributed by atoms with Gasteiger partial charge in [0.2, 0.25) is 0 Å². The number of fused-ring (bicyclic) bond motifs is 1. The van der Waals surface area contributed by atoms with Gasteiger partial charge < -0.3 is 14.5 Å². The van der Waals surface area contributed by atoms with Gasteiger partial charge in [-0.15, -0.1) is 0 Å². The van der Waals surface area contributed by atoms with Gasteiger partial charge in [-0.2, -0.15) is 0 Å². The molecule has 1 N–H and O–H groups in total. The van der Waals surface area contributed by atoms with Crippen molar-refractivity contribution >= 4 is 23.2 Å². The van der Waals surface area contributed by atoms with Crippen LogP contribution >= 0.6 is 0 Å². The van der Waals surface area contributed by atoms with Crippen molar-refractivity contribution in [2.24, 2.45) is 0 Å². The number of aryl methyl sites for hydroxylation is 2. The lowest BCUT2D eigenvalue weighted by molar-refractivity contribution is 0.0600. The third-order valence-electron chi connectivity index (χ3n) is 4.09. The summed E-state index contributed by atoms with van der Waals surface area (Å²) in [6.45, 7) is 4.04. The lowest BCUT2D eigenvalue weighted by atomic mass is 10.2. The summed E-state index contributed by atoms with van der Waals surface area (Å²) in [7, 11) is 1.32. The first-order valence-corrected chi connectivity index (χ1v) is 8.00. The zero-order chi connectivity index (χ0) is 18.0. The Bertz CT molecular complexity index is 960. The second-order valence-electron chi connectivity index (χ2n) is 5.67. The summed E-state index contributed by atoms with van der Waals surface area (Å²) < 4.78 is 6.61.